The SMILES string of the molecule is CN1C2CCC1CN(c1ccc(CO)c(Br)c1)CC2. The van der Waals surface area contributed by atoms with E-state index in [9.17, 15) is 5.11 Å². The Balaban J connectivity index is 1.81. The van der Waals surface area contributed by atoms with Crippen LogP contribution in [-0.2, 0) is 6.61 Å². The molecule has 1 N–H and O–H groups in total. The molecule has 2 saturated heterocycles. The Morgan fingerprint density at radius 1 is 1.26 bits per heavy atom. The minimum atomic E-state index is 0.0916. The second kappa shape index (κ2) is 5.43. The molecular weight excluding hydrogens is 304 g/mol. The largest absolute Gasteiger partial charge is 0.392 e. The van der Waals surface area contributed by atoms with Crippen molar-refractivity contribution in [1.82, 2.24) is 4.90 Å². The van der Waals surface area contributed by atoms with Crippen LogP contribution in [0.15, 0.2) is 22.7 Å². The van der Waals surface area contributed by atoms with E-state index in [0.29, 0.717) is 6.04 Å². The predicted molar refractivity (Wildman–Crippen MR) is 81.5 cm³/mol. The summed E-state index contributed by atoms with van der Waals surface area (Å²) in [5.74, 6) is 0. The Hall–Kier alpha value is -0.580. The molecule has 0 saturated carbocycles. The summed E-state index contributed by atoms with van der Waals surface area (Å²) >= 11 is 3.55. The van der Waals surface area contributed by atoms with E-state index in [1.807, 2.05) is 6.07 Å². The molecule has 0 spiro atoms. The lowest BCUT2D eigenvalue weighted by Crippen LogP contribution is -2.36. The quantitative estimate of drug-likeness (QED) is 0.905. The van der Waals surface area contributed by atoms with Crippen molar-refractivity contribution in [3.63, 3.8) is 0 Å². The molecule has 0 amide bonds. The van der Waals surface area contributed by atoms with Crippen LogP contribution in [0.5, 0.6) is 0 Å². The van der Waals surface area contributed by atoms with Crippen LogP contribution in [0.4, 0.5) is 5.69 Å². The highest BCUT2D eigenvalue weighted by Crippen LogP contribution is 2.32. The summed E-state index contributed by atoms with van der Waals surface area (Å²) in [6.45, 7) is 2.35. The summed E-state index contributed by atoms with van der Waals surface area (Å²) in [5, 5.41) is 9.24. The van der Waals surface area contributed by atoms with Gasteiger partial charge in [-0.2, -0.15) is 0 Å². The van der Waals surface area contributed by atoms with Gasteiger partial charge in [-0.15, -0.1) is 0 Å². The van der Waals surface area contributed by atoms with Gasteiger partial charge in [0, 0.05) is 35.3 Å². The van der Waals surface area contributed by atoms with Crippen LogP contribution in [0.2, 0.25) is 0 Å². The van der Waals surface area contributed by atoms with E-state index < -0.39 is 0 Å². The molecule has 2 fully saturated rings. The van der Waals surface area contributed by atoms with Crippen LogP contribution in [0.25, 0.3) is 0 Å². The number of rotatable bonds is 2. The summed E-state index contributed by atoms with van der Waals surface area (Å²) in [4.78, 5) is 5.06. The third kappa shape index (κ3) is 2.54. The normalized spacial score (nSPS) is 27.6. The first-order valence-corrected chi connectivity index (χ1v) is 7.84. The highest BCUT2D eigenvalue weighted by molar-refractivity contribution is 9.10. The molecule has 1 aromatic carbocycles. The van der Waals surface area contributed by atoms with E-state index >= 15 is 0 Å². The van der Waals surface area contributed by atoms with Crippen LogP contribution >= 0.6 is 15.9 Å². The van der Waals surface area contributed by atoms with Gasteiger partial charge >= 0.3 is 0 Å². The monoisotopic (exact) mass is 324 g/mol. The van der Waals surface area contributed by atoms with E-state index in [0.717, 1.165) is 29.2 Å². The van der Waals surface area contributed by atoms with Crippen molar-refractivity contribution >= 4 is 21.6 Å². The number of fused-ring (bicyclic) bond motifs is 2. The van der Waals surface area contributed by atoms with Crippen molar-refractivity contribution in [2.45, 2.75) is 38.0 Å². The van der Waals surface area contributed by atoms with Crippen molar-refractivity contribution in [3.8, 4) is 0 Å². The highest BCUT2D eigenvalue weighted by atomic mass is 79.9. The van der Waals surface area contributed by atoms with Gasteiger partial charge in [-0.1, -0.05) is 22.0 Å². The topological polar surface area (TPSA) is 26.7 Å². The van der Waals surface area contributed by atoms with E-state index in [1.54, 1.807) is 0 Å². The van der Waals surface area contributed by atoms with Crippen LogP contribution in [0.1, 0.15) is 24.8 Å². The Morgan fingerprint density at radius 2 is 2.05 bits per heavy atom. The fourth-order valence-corrected chi connectivity index (χ4v) is 3.90. The molecule has 2 heterocycles. The summed E-state index contributed by atoms with van der Waals surface area (Å²) in [7, 11) is 2.27. The third-order valence-corrected chi connectivity index (χ3v) is 5.46. The summed E-state index contributed by atoms with van der Waals surface area (Å²) in [6.07, 6.45) is 3.95. The number of likely N-dealkylation sites (N-methyl/N-ethyl adjacent to an activating group) is 1. The van der Waals surface area contributed by atoms with Gasteiger partial charge in [0.15, 0.2) is 0 Å². The van der Waals surface area contributed by atoms with Crippen LogP contribution in [0.3, 0.4) is 0 Å². The van der Waals surface area contributed by atoms with Gasteiger partial charge in [-0.05, 0) is 44.0 Å². The maximum Gasteiger partial charge on any atom is 0.0692 e. The number of nitrogens with zero attached hydrogens (tertiary/aromatic N) is 2. The lowest BCUT2D eigenvalue weighted by atomic mass is 10.1. The first-order chi connectivity index (χ1) is 9.19. The molecule has 1 aromatic rings. The standard InChI is InChI=1S/C15H21BrN2O/c1-17-12-4-5-14(17)9-18(7-6-12)13-3-2-11(10-19)15(16)8-13/h2-3,8,12,14,19H,4-7,9-10H2,1H3. The highest BCUT2D eigenvalue weighted by Gasteiger charge is 2.34. The summed E-state index contributed by atoms with van der Waals surface area (Å²) in [5.41, 5.74) is 2.22. The number of aliphatic hydroxyl groups excluding tert-OH is 1. The zero-order valence-electron chi connectivity index (χ0n) is 11.3. The zero-order valence-corrected chi connectivity index (χ0v) is 12.9. The molecule has 0 aliphatic carbocycles. The molecule has 2 bridgehead atoms. The molecule has 2 unspecified atom stereocenters. The van der Waals surface area contributed by atoms with Crippen molar-refractivity contribution in [2.75, 3.05) is 25.0 Å². The van der Waals surface area contributed by atoms with E-state index in [4.69, 9.17) is 0 Å². The van der Waals surface area contributed by atoms with Gasteiger partial charge in [0.1, 0.15) is 0 Å². The van der Waals surface area contributed by atoms with Gasteiger partial charge in [0.2, 0.25) is 0 Å². The number of anilines is 1. The number of hydrogen-bond donors (Lipinski definition) is 1. The number of hydrogen-bond acceptors (Lipinski definition) is 3. The molecular formula is C15H21BrN2O. The number of benzene rings is 1. The lowest BCUT2D eigenvalue weighted by Gasteiger charge is -2.28. The third-order valence-electron chi connectivity index (χ3n) is 4.72. The fourth-order valence-electron chi connectivity index (χ4n) is 3.40. The minimum absolute atomic E-state index is 0.0916. The van der Waals surface area contributed by atoms with E-state index in [-0.39, 0.29) is 6.61 Å². The molecule has 2 aliphatic rings. The summed E-state index contributed by atoms with van der Waals surface area (Å²) < 4.78 is 1.01. The van der Waals surface area contributed by atoms with Crippen LogP contribution in [0, 0.1) is 0 Å². The molecule has 2 aliphatic heterocycles. The van der Waals surface area contributed by atoms with Crippen LogP contribution in [-0.4, -0.2) is 42.2 Å². The molecule has 104 valence electrons. The average molecular weight is 325 g/mol. The van der Waals surface area contributed by atoms with Crippen molar-refractivity contribution in [2.24, 2.45) is 0 Å². The first kappa shape index (κ1) is 13.4. The molecule has 4 heteroatoms. The molecule has 19 heavy (non-hydrogen) atoms. The number of aliphatic hydroxyl groups is 1. The molecule has 0 radical (unpaired) electrons. The fraction of sp³-hybridized carbons (Fsp3) is 0.600. The second-order valence-corrected chi connectivity index (χ2v) is 6.57. The average Bonchev–Trinajstić information content (AvgIpc) is 2.63. The Kier molecular flexibility index (Phi) is 3.83. The van der Waals surface area contributed by atoms with Gasteiger partial charge in [0.05, 0.1) is 6.61 Å². The first-order valence-electron chi connectivity index (χ1n) is 7.05. The van der Waals surface area contributed by atoms with Crippen molar-refractivity contribution in [1.29, 1.82) is 0 Å². The maximum atomic E-state index is 9.24. The van der Waals surface area contributed by atoms with E-state index in [2.05, 4.69) is 44.9 Å². The summed E-state index contributed by atoms with van der Waals surface area (Å²) in [6, 6.07) is 7.77. The predicted octanol–water partition coefficient (Wildman–Crippen LogP) is 2.61. The van der Waals surface area contributed by atoms with Crippen molar-refractivity contribution in [3.05, 3.63) is 28.2 Å². The van der Waals surface area contributed by atoms with Gasteiger partial charge < -0.3 is 10.0 Å². The van der Waals surface area contributed by atoms with Gasteiger partial charge in [-0.3, -0.25) is 4.90 Å². The van der Waals surface area contributed by atoms with Crippen molar-refractivity contribution < 1.29 is 5.11 Å². The molecule has 2 atom stereocenters. The zero-order chi connectivity index (χ0) is 13.4. The Labute approximate surface area is 123 Å². The minimum Gasteiger partial charge on any atom is -0.392 e. The van der Waals surface area contributed by atoms with Crippen LogP contribution < -0.4 is 4.90 Å². The molecule has 3 rings (SSSR count). The van der Waals surface area contributed by atoms with Gasteiger partial charge in [-0.25, -0.2) is 0 Å². The Morgan fingerprint density at radius 3 is 2.79 bits per heavy atom. The molecule has 0 aromatic heterocycles. The van der Waals surface area contributed by atoms with Gasteiger partial charge in [0.25, 0.3) is 0 Å². The maximum absolute atomic E-state index is 9.24. The number of halogens is 1. The Bertz CT molecular complexity index is 465. The lowest BCUT2D eigenvalue weighted by molar-refractivity contribution is 0.254. The smallest absolute Gasteiger partial charge is 0.0692 e. The molecule has 3 nitrogen and oxygen atoms in total. The van der Waals surface area contributed by atoms with E-state index in [1.165, 1.54) is 24.9 Å². The second-order valence-electron chi connectivity index (χ2n) is 5.72.